The minimum absolute atomic E-state index is 0.0226. The molecule has 174 valence electrons. The lowest BCUT2D eigenvalue weighted by molar-refractivity contribution is 0.0953. The molecule has 0 spiro atoms. The van der Waals surface area contributed by atoms with Crippen LogP contribution in [0, 0.1) is 0 Å². The molecule has 1 N–H and O–H groups in total. The van der Waals surface area contributed by atoms with Gasteiger partial charge in [0.25, 0.3) is 15.9 Å². The third-order valence-corrected chi connectivity index (χ3v) is 7.21. The summed E-state index contributed by atoms with van der Waals surface area (Å²) in [4.78, 5) is 12.7. The van der Waals surface area contributed by atoms with Crippen molar-refractivity contribution in [3.63, 3.8) is 0 Å². The normalized spacial score (nSPS) is 11.3. The zero-order valence-electron chi connectivity index (χ0n) is 18.1. The molecule has 0 unspecified atom stereocenters. The Morgan fingerprint density at radius 3 is 2.68 bits per heavy atom. The standard InChI is InChI=1S/C24H22ClN5O3S/c1-2-15-30(21-11-4-3-10-20(21)25)34(32,33)19-9-7-8-18(17-19)24(31)26-14-13-23-28-27-22-12-5-6-16-29(22)23/h2-12,16-17H,1,13-15H2,(H,26,31). The molecule has 0 fully saturated rings. The van der Waals surface area contributed by atoms with Crippen LogP contribution in [0.5, 0.6) is 0 Å². The van der Waals surface area contributed by atoms with Crippen LogP contribution in [0.3, 0.4) is 0 Å². The highest BCUT2D eigenvalue weighted by Crippen LogP contribution is 2.30. The van der Waals surface area contributed by atoms with Crippen LogP contribution in [-0.4, -0.2) is 42.0 Å². The van der Waals surface area contributed by atoms with Gasteiger partial charge in [-0.1, -0.05) is 41.9 Å². The Morgan fingerprint density at radius 1 is 1.09 bits per heavy atom. The van der Waals surface area contributed by atoms with Crippen molar-refractivity contribution in [1.29, 1.82) is 0 Å². The van der Waals surface area contributed by atoms with Gasteiger partial charge in [-0.2, -0.15) is 0 Å². The number of carbonyl (C=O) groups excluding carboxylic acids is 1. The van der Waals surface area contributed by atoms with Crippen molar-refractivity contribution in [2.45, 2.75) is 11.3 Å². The number of nitrogens with one attached hydrogen (secondary N) is 1. The fourth-order valence-corrected chi connectivity index (χ4v) is 5.26. The average Bonchev–Trinajstić information content (AvgIpc) is 3.26. The number of hydrogen-bond acceptors (Lipinski definition) is 5. The molecule has 0 radical (unpaired) electrons. The molecular weight excluding hydrogens is 474 g/mol. The minimum atomic E-state index is -4.00. The SMILES string of the molecule is C=CCN(c1ccccc1Cl)S(=O)(=O)c1cccc(C(=O)NCCc2nnc3ccccn23)c1. The first-order chi connectivity index (χ1) is 16.4. The Kier molecular flexibility index (Phi) is 6.95. The molecule has 4 rings (SSSR count). The molecule has 0 bridgehead atoms. The molecule has 2 aromatic carbocycles. The number of pyridine rings is 1. The first-order valence-corrected chi connectivity index (χ1v) is 12.3. The van der Waals surface area contributed by atoms with Crippen LogP contribution >= 0.6 is 11.6 Å². The van der Waals surface area contributed by atoms with Gasteiger partial charge < -0.3 is 5.32 Å². The first kappa shape index (κ1) is 23.5. The second-order valence-electron chi connectivity index (χ2n) is 7.36. The summed E-state index contributed by atoms with van der Waals surface area (Å²) in [6.45, 7) is 3.99. The number of benzene rings is 2. The molecule has 0 aliphatic carbocycles. The number of fused-ring (bicyclic) bond motifs is 1. The summed E-state index contributed by atoms with van der Waals surface area (Å²) in [6.07, 6.45) is 3.80. The zero-order valence-corrected chi connectivity index (χ0v) is 19.7. The quantitative estimate of drug-likeness (QED) is 0.357. The summed E-state index contributed by atoms with van der Waals surface area (Å²) >= 11 is 6.25. The second-order valence-corrected chi connectivity index (χ2v) is 9.62. The topological polar surface area (TPSA) is 96.7 Å². The van der Waals surface area contributed by atoms with E-state index in [2.05, 4.69) is 22.1 Å². The number of amides is 1. The molecule has 8 nitrogen and oxygen atoms in total. The number of nitrogens with zero attached hydrogens (tertiary/aromatic N) is 4. The number of aromatic nitrogens is 3. The van der Waals surface area contributed by atoms with Gasteiger partial charge >= 0.3 is 0 Å². The summed E-state index contributed by atoms with van der Waals surface area (Å²) in [7, 11) is -4.00. The molecular formula is C24H22ClN5O3S. The summed E-state index contributed by atoms with van der Waals surface area (Å²) in [5.41, 5.74) is 1.29. The third-order valence-electron chi connectivity index (χ3n) is 5.12. The van der Waals surface area contributed by atoms with Crippen LogP contribution in [-0.2, 0) is 16.4 Å². The minimum Gasteiger partial charge on any atom is -0.352 e. The van der Waals surface area contributed by atoms with Gasteiger partial charge in [0, 0.05) is 24.7 Å². The zero-order chi connectivity index (χ0) is 24.1. The van der Waals surface area contributed by atoms with Gasteiger partial charge in [0.05, 0.1) is 22.2 Å². The number of hydrogen-bond donors (Lipinski definition) is 1. The number of halogens is 1. The van der Waals surface area contributed by atoms with E-state index in [1.165, 1.54) is 24.3 Å². The van der Waals surface area contributed by atoms with Crippen LogP contribution in [0.4, 0.5) is 5.69 Å². The lowest BCUT2D eigenvalue weighted by Crippen LogP contribution is -2.32. The van der Waals surface area contributed by atoms with Gasteiger partial charge in [0.2, 0.25) is 0 Å². The summed E-state index contributed by atoms with van der Waals surface area (Å²) in [5.74, 6) is 0.325. The van der Waals surface area contributed by atoms with E-state index in [0.29, 0.717) is 29.5 Å². The summed E-state index contributed by atoms with van der Waals surface area (Å²) < 4.78 is 29.8. The van der Waals surface area contributed by atoms with Gasteiger partial charge in [0.15, 0.2) is 5.65 Å². The molecule has 34 heavy (non-hydrogen) atoms. The van der Waals surface area contributed by atoms with E-state index in [4.69, 9.17) is 11.6 Å². The van der Waals surface area contributed by atoms with Crippen LogP contribution in [0.1, 0.15) is 16.2 Å². The maximum Gasteiger partial charge on any atom is 0.264 e. The fraction of sp³-hybridized carbons (Fsp3) is 0.125. The monoisotopic (exact) mass is 495 g/mol. The maximum absolute atomic E-state index is 13.4. The van der Waals surface area contributed by atoms with E-state index in [1.54, 1.807) is 30.3 Å². The van der Waals surface area contributed by atoms with Crippen molar-refractivity contribution in [3.8, 4) is 0 Å². The number of rotatable bonds is 9. The number of sulfonamides is 1. The third kappa shape index (κ3) is 4.80. The molecule has 0 aliphatic rings. The van der Waals surface area contributed by atoms with Gasteiger partial charge in [-0.25, -0.2) is 8.42 Å². The van der Waals surface area contributed by atoms with Crippen molar-refractivity contribution in [2.75, 3.05) is 17.4 Å². The Morgan fingerprint density at radius 2 is 1.88 bits per heavy atom. The van der Waals surface area contributed by atoms with Crippen LogP contribution in [0.2, 0.25) is 5.02 Å². The second kappa shape index (κ2) is 10.1. The molecule has 1 amide bonds. The van der Waals surface area contributed by atoms with E-state index in [0.717, 1.165) is 9.95 Å². The number of para-hydroxylation sites is 1. The van der Waals surface area contributed by atoms with Crippen molar-refractivity contribution in [1.82, 2.24) is 19.9 Å². The van der Waals surface area contributed by atoms with E-state index in [-0.39, 0.29) is 22.9 Å². The molecule has 0 atom stereocenters. The number of carbonyl (C=O) groups is 1. The molecule has 2 aromatic heterocycles. The largest absolute Gasteiger partial charge is 0.352 e. The Hall–Kier alpha value is -3.69. The van der Waals surface area contributed by atoms with E-state index in [1.807, 2.05) is 28.8 Å². The Balaban J connectivity index is 1.51. The first-order valence-electron chi connectivity index (χ1n) is 10.5. The van der Waals surface area contributed by atoms with Crippen molar-refractivity contribution < 1.29 is 13.2 Å². The van der Waals surface area contributed by atoms with E-state index >= 15 is 0 Å². The highest BCUT2D eigenvalue weighted by molar-refractivity contribution is 7.92. The predicted molar refractivity (Wildman–Crippen MR) is 132 cm³/mol. The summed E-state index contributed by atoms with van der Waals surface area (Å²) in [6, 6.07) is 18.2. The molecule has 0 saturated carbocycles. The molecule has 2 heterocycles. The smallest absolute Gasteiger partial charge is 0.264 e. The predicted octanol–water partition coefficient (Wildman–Crippen LogP) is 3.74. The highest BCUT2D eigenvalue weighted by atomic mass is 35.5. The maximum atomic E-state index is 13.4. The Labute approximate surface area is 202 Å². The summed E-state index contributed by atoms with van der Waals surface area (Å²) in [5, 5.41) is 11.3. The lowest BCUT2D eigenvalue weighted by atomic mass is 10.2. The van der Waals surface area contributed by atoms with Crippen molar-refractivity contribution in [3.05, 3.63) is 102 Å². The lowest BCUT2D eigenvalue weighted by Gasteiger charge is -2.24. The average molecular weight is 496 g/mol. The van der Waals surface area contributed by atoms with Crippen molar-refractivity contribution >= 4 is 38.9 Å². The van der Waals surface area contributed by atoms with Crippen LogP contribution in [0.15, 0.2) is 90.5 Å². The molecule has 4 aromatic rings. The van der Waals surface area contributed by atoms with E-state index < -0.39 is 10.0 Å². The van der Waals surface area contributed by atoms with Crippen LogP contribution < -0.4 is 9.62 Å². The van der Waals surface area contributed by atoms with Gasteiger partial charge in [0.1, 0.15) is 5.82 Å². The molecule has 0 aliphatic heterocycles. The van der Waals surface area contributed by atoms with Crippen molar-refractivity contribution in [2.24, 2.45) is 0 Å². The highest BCUT2D eigenvalue weighted by Gasteiger charge is 2.26. The van der Waals surface area contributed by atoms with Crippen LogP contribution in [0.25, 0.3) is 5.65 Å². The van der Waals surface area contributed by atoms with Gasteiger partial charge in [-0.3, -0.25) is 13.5 Å². The van der Waals surface area contributed by atoms with E-state index in [9.17, 15) is 13.2 Å². The Bertz CT molecular complexity index is 1450. The van der Waals surface area contributed by atoms with Gasteiger partial charge in [-0.15, -0.1) is 16.8 Å². The molecule has 10 heteroatoms. The fourth-order valence-electron chi connectivity index (χ4n) is 3.47. The molecule has 0 saturated heterocycles. The van der Waals surface area contributed by atoms with Gasteiger partial charge in [-0.05, 0) is 42.5 Å². The number of anilines is 1.